The van der Waals surface area contributed by atoms with Crippen LogP contribution in [0.3, 0.4) is 0 Å². The van der Waals surface area contributed by atoms with E-state index in [9.17, 15) is 19.5 Å². The molecular weight excluding hydrogens is 486 g/mol. The van der Waals surface area contributed by atoms with Crippen LogP contribution in [0, 0.1) is 0 Å². The number of allylic oxidation sites excluding steroid dienone is 3. The average Bonchev–Trinajstić information content (AvgIpc) is 3.59. The van der Waals surface area contributed by atoms with Crippen LogP contribution in [-0.2, 0) is 25.5 Å². The van der Waals surface area contributed by atoms with Gasteiger partial charge in [0.15, 0.2) is 0 Å². The molecule has 3 unspecified atom stereocenters. The highest BCUT2D eigenvalue weighted by Crippen LogP contribution is 2.18. The molecule has 2 saturated heterocycles. The fraction of sp³-hybridized carbons (Fsp3) is 0.464. The van der Waals surface area contributed by atoms with Crippen LogP contribution >= 0.6 is 0 Å². The Bertz CT molecular complexity index is 995. The van der Waals surface area contributed by atoms with Crippen LogP contribution < -0.4 is 27.0 Å². The third-order valence-corrected chi connectivity index (χ3v) is 6.00. The minimum Gasteiger partial charge on any atom is -0.480 e. The van der Waals surface area contributed by atoms with Crippen LogP contribution in [0.5, 0.6) is 0 Å². The molecule has 7 N–H and O–H groups in total. The lowest BCUT2D eigenvalue weighted by Gasteiger charge is -2.18. The standard InChI is InChI=1S/C21H31N5O4.C7H10O/c1-2-4-18(22)24-12-10-19(27)25-15-8-6-14(7-9-15)13-17(21(29)30)26-20(28)16-5-3-11-23-16;1-3-4-6(2)7-5-8-7/h4,6-9,16-17,23-24H,2-3,5,10-13,22H2,1H3,(H,25,27)(H,26,28)(H,29,30);3-4,7H,1,5H2,2H3/b18-4-;6-4+. The first-order valence-electron chi connectivity index (χ1n) is 13.0. The van der Waals surface area contributed by atoms with E-state index in [1.54, 1.807) is 30.3 Å². The number of carbonyl (C=O) groups excluding carboxylic acids is 2. The zero-order chi connectivity index (χ0) is 27.9. The summed E-state index contributed by atoms with van der Waals surface area (Å²) >= 11 is 0. The van der Waals surface area contributed by atoms with Gasteiger partial charge >= 0.3 is 5.97 Å². The van der Waals surface area contributed by atoms with Gasteiger partial charge in [0.25, 0.3) is 0 Å². The summed E-state index contributed by atoms with van der Waals surface area (Å²) in [6.07, 6.45) is 8.89. The van der Waals surface area contributed by atoms with E-state index in [1.165, 1.54) is 5.57 Å². The summed E-state index contributed by atoms with van der Waals surface area (Å²) in [5, 5.41) is 20.9. The Morgan fingerprint density at radius 1 is 1.29 bits per heavy atom. The molecule has 0 radical (unpaired) electrons. The molecule has 1 aromatic rings. The molecule has 10 heteroatoms. The second-order valence-electron chi connectivity index (χ2n) is 9.21. The summed E-state index contributed by atoms with van der Waals surface area (Å²) in [4.78, 5) is 35.7. The Morgan fingerprint density at radius 2 is 2.00 bits per heavy atom. The maximum Gasteiger partial charge on any atom is 0.326 e. The van der Waals surface area contributed by atoms with Gasteiger partial charge in [-0.2, -0.15) is 0 Å². The maximum absolute atomic E-state index is 12.2. The number of hydrogen-bond acceptors (Lipinski definition) is 7. The molecule has 3 rings (SSSR count). The van der Waals surface area contributed by atoms with Gasteiger partial charge in [-0.25, -0.2) is 4.79 Å². The molecule has 2 amide bonds. The highest BCUT2D eigenvalue weighted by atomic mass is 16.6. The highest BCUT2D eigenvalue weighted by Gasteiger charge is 2.27. The van der Waals surface area contributed by atoms with Gasteiger partial charge in [-0.3, -0.25) is 9.59 Å². The maximum atomic E-state index is 12.2. The quantitative estimate of drug-likeness (QED) is 0.168. The van der Waals surface area contributed by atoms with Crippen molar-refractivity contribution in [3.05, 3.63) is 66.0 Å². The summed E-state index contributed by atoms with van der Waals surface area (Å²) in [6.45, 7) is 9.71. The van der Waals surface area contributed by atoms with Crippen molar-refractivity contribution in [3.8, 4) is 0 Å². The lowest BCUT2D eigenvalue weighted by Crippen LogP contribution is -2.49. The largest absolute Gasteiger partial charge is 0.480 e. The molecule has 2 aliphatic rings. The van der Waals surface area contributed by atoms with E-state index >= 15 is 0 Å². The molecule has 38 heavy (non-hydrogen) atoms. The van der Waals surface area contributed by atoms with Crippen molar-refractivity contribution in [3.63, 3.8) is 0 Å². The van der Waals surface area contributed by atoms with Crippen LogP contribution in [-0.4, -0.2) is 60.8 Å². The number of anilines is 1. The Morgan fingerprint density at radius 3 is 2.55 bits per heavy atom. The average molecular weight is 528 g/mol. The summed E-state index contributed by atoms with van der Waals surface area (Å²) in [6, 6.07) is 5.58. The van der Waals surface area contributed by atoms with Gasteiger partial charge in [-0.1, -0.05) is 37.8 Å². The van der Waals surface area contributed by atoms with E-state index in [0.29, 0.717) is 30.6 Å². The Balaban J connectivity index is 0.000000538. The third-order valence-electron chi connectivity index (χ3n) is 6.00. The minimum absolute atomic E-state index is 0.153. The van der Waals surface area contributed by atoms with Crippen molar-refractivity contribution < 1.29 is 24.2 Å². The Kier molecular flexibility index (Phi) is 13.1. The van der Waals surface area contributed by atoms with Gasteiger partial charge in [-0.05, 0) is 62.1 Å². The predicted octanol–water partition coefficient (Wildman–Crippen LogP) is 2.20. The normalized spacial score (nSPS) is 19.4. The van der Waals surface area contributed by atoms with Gasteiger partial charge in [-0.15, -0.1) is 0 Å². The number of nitrogens with one attached hydrogen (secondary N) is 4. The zero-order valence-corrected chi connectivity index (χ0v) is 22.3. The fourth-order valence-corrected chi connectivity index (χ4v) is 3.78. The molecule has 0 saturated carbocycles. The molecule has 0 spiro atoms. The number of nitrogens with two attached hydrogens (primary N) is 1. The van der Waals surface area contributed by atoms with E-state index < -0.39 is 12.0 Å². The Labute approximate surface area is 224 Å². The lowest BCUT2D eigenvalue weighted by atomic mass is 10.0. The number of hydrogen-bond donors (Lipinski definition) is 6. The summed E-state index contributed by atoms with van der Waals surface area (Å²) in [5.74, 6) is -0.966. The molecule has 2 fully saturated rings. The highest BCUT2D eigenvalue weighted by molar-refractivity contribution is 5.91. The summed E-state index contributed by atoms with van der Waals surface area (Å²) < 4.78 is 5.01. The van der Waals surface area contributed by atoms with Gasteiger partial charge in [0, 0.05) is 25.1 Å². The topological polar surface area (TPSA) is 158 Å². The number of epoxide rings is 1. The summed E-state index contributed by atoms with van der Waals surface area (Å²) in [5.41, 5.74) is 8.36. The van der Waals surface area contributed by atoms with E-state index in [0.717, 1.165) is 31.6 Å². The van der Waals surface area contributed by atoms with Gasteiger partial charge in [0.2, 0.25) is 11.8 Å². The first-order valence-corrected chi connectivity index (χ1v) is 13.0. The van der Waals surface area contributed by atoms with E-state index in [4.69, 9.17) is 10.5 Å². The van der Waals surface area contributed by atoms with Crippen molar-refractivity contribution >= 4 is 23.5 Å². The summed E-state index contributed by atoms with van der Waals surface area (Å²) in [7, 11) is 0. The molecule has 10 nitrogen and oxygen atoms in total. The molecule has 208 valence electrons. The van der Waals surface area contributed by atoms with Crippen LogP contribution in [0.2, 0.25) is 0 Å². The van der Waals surface area contributed by atoms with Crippen molar-refractivity contribution in [2.24, 2.45) is 5.73 Å². The molecule has 0 aromatic heterocycles. The smallest absolute Gasteiger partial charge is 0.326 e. The van der Waals surface area contributed by atoms with Gasteiger partial charge in [0.1, 0.15) is 12.1 Å². The SMILES string of the molecule is C=C/C=C(\C)C1CO1.CC/C=C(/N)NCCC(=O)Nc1ccc(CC(NC(=O)C2CCCN2)C(=O)O)cc1. The number of amides is 2. The van der Waals surface area contributed by atoms with Gasteiger partial charge in [0.05, 0.1) is 18.5 Å². The molecular formula is C28H41N5O5. The molecule has 2 heterocycles. The second-order valence-corrected chi connectivity index (χ2v) is 9.21. The van der Waals surface area contributed by atoms with Crippen LogP contribution in [0.15, 0.2) is 60.5 Å². The number of carboxylic acid groups (broad SMARTS) is 1. The second kappa shape index (κ2) is 16.3. The van der Waals surface area contributed by atoms with Crippen LogP contribution in [0.1, 0.15) is 45.1 Å². The first kappa shape index (κ1) is 30.6. The monoisotopic (exact) mass is 527 g/mol. The molecule has 3 atom stereocenters. The van der Waals surface area contributed by atoms with E-state index in [2.05, 4.69) is 34.8 Å². The van der Waals surface area contributed by atoms with Crippen LogP contribution in [0.4, 0.5) is 5.69 Å². The fourth-order valence-electron chi connectivity index (χ4n) is 3.78. The van der Waals surface area contributed by atoms with Crippen LogP contribution in [0.25, 0.3) is 0 Å². The molecule has 0 bridgehead atoms. The lowest BCUT2D eigenvalue weighted by molar-refractivity contribution is -0.142. The first-order chi connectivity index (χ1) is 18.2. The predicted molar refractivity (Wildman–Crippen MR) is 148 cm³/mol. The number of carbonyl (C=O) groups is 3. The van der Waals surface area contributed by atoms with Gasteiger partial charge < -0.3 is 36.8 Å². The van der Waals surface area contributed by atoms with E-state index in [1.807, 2.05) is 19.1 Å². The van der Waals surface area contributed by atoms with Crippen molar-refractivity contribution in [1.29, 1.82) is 0 Å². The van der Waals surface area contributed by atoms with Crippen molar-refractivity contribution in [2.75, 3.05) is 25.0 Å². The molecule has 2 aliphatic heterocycles. The number of carboxylic acids is 1. The number of rotatable bonds is 13. The molecule has 1 aromatic carbocycles. The number of aliphatic carboxylic acids is 1. The zero-order valence-electron chi connectivity index (χ0n) is 22.3. The number of benzene rings is 1. The Hall–Kier alpha value is -3.63. The van der Waals surface area contributed by atoms with Crippen molar-refractivity contribution in [2.45, 2.75) is 64.1 Å². The van der Waals surface area contributed by atoms with E-state index in [-0.39, 0.29) is 30.7 Å². The third kappa shape index (κ3) is 11.6. The molecule has 0 aliphatic carbocycles. The van der Waals surface area contributed by atoms with Crippen molar-refractivity contribution in [1.82, 2.24) is 16.0 Å². The number of ether oxygens (including phenoxy) is 1. The minimum atomic E-state index is -1.08.